The van der Waals surface area contributed by atoms with E-state index in [-0.39, 0.29) is 33.1 Å². The summed E-state index contributed by atoms with van der Waals surface area (Å²) in [5, 5.41) is 0. The number of carbonyl (C=O) groups is 1. The molecule has 0 aliphatic carbocycles. The molecule has 0 unspecified atom stereocenters. The molecule has 0 radical (unpaired) electrons. The molecule has 2 aromatic rings. The fourth-order valence-corrected chi connectivity index (χ4v) is 3.62. The third-order valence-corrected chi connectivity index (χ3v) is 5.14. The van der Waals surface area contributed by atoms with Crippen molar-refractivity contribution in [1.29, 1.82) is 0 Å². The summed E-state index contributed by atoms with van der Waals surface area (Å²) in [4.78, 5) is 11.5. The molecule has 19 heavy (non-hydrogen) atoms. The van der Waals surface area contributed by atoms with Gasteiger partial charge >= 0.3 is 27.2 Å². The van der Waals surface area contributed by atoms with Gasteiger partial charge in [-0.1, -0.05) is 32.0 Å². The van der Waals surface area contributed by atoms with Crippen LogP contribution in [-0.4, -0.2) is 5.97 Å². The van der Waals surface area contributed by atoms with Crippen LogP contribution in [0, 0.1) is 13.1 Å². The number of benzene rings is 2. The van der Waals surface area contributed by atoms with E-state index in [1.54, 1.807) is 0 Å². The third kappa shape index (κ3) is 4.35. The zero-order chi connectivity index (χ0) is 13.7. The lowest BCUT2D eigenvalue weighted by Gasteiger charge is -2.05. The Morgan fingerprint density at radius 2 is 1.53 bits per heavy atom. The maximum atomic E-state index is 11.5. The lowest BCUT2D eigenvalue weighted by molar-refractivity contribution is -0.597. The fourth-order valence-electron chi connectivity index (χ4n) is 1.40. The Morgan fingerprint density at radius 3 is 2.11 bits per heavy atom. The van der Waals surface area contributed by atoms with Crippen LogP contribution in [0.5, 0.6) is 5.75 Å². The summed E-state index contributed by atoms with van der Waals surface area (Å²) >= 11 is -0.158. The number of carbonyl (C=O) groups excluding carboxylic acids is 1. The molecular weight excluding hydrogens is 351 g/mol. The van der Waals surface area contributed by atoms with Gasteiger partial charge in [0.05, 0.1) is 5.92 Å². The molecule has 98 valence electrons. The first-order valence-electron chi connectivity index (χ1n) is 6.17. The molecule has 0 atom stereocenters. The minimum atomic E-state index is -0.189. The third-order valence-electron chi connectivity index (χ3n) is 2.45. The van der Waals surface area contributed by atoms with E-state index in [0.29, 0.717) is 5.75 Å². The quantitative estimate of drug-likeness (QED) is 0.444. The maximum Gasteiger partial charge on any atom is 0.357 e. The topological polar surface area (TPSA) is 26.3 Å². The first kappa shape index (κ1) is 14.1. The van der Waals surface area contributed by atoms with Crippen molar-refractivity contribution >= 4 is 5.97 Å². The Labute approximate surface area is 124 Å². The van der Waals surface area contributed by atoms with Gasteiger partial charge in [0.25, 0.3) is 0 Å². The molecule has 0 spiro atoms. The second kappa shape index (κ2) is 6.70. The van der Waals surface area contributed by atoms with Crippen LogP contribution in [-0.2, 0) is 4.79 Å². The zero-order valence-electron chi connectivity index (χ0n) is 11.0. The molecule has 0 saturated heterocycles. The monoisotopic (exact) mass is 367 g/mol. The van der Waals surface area contributed by atoms with Gasteiger partial charge in [0, 0.05) is 0 Å². The van der Waals surface area contributed by atoms with Crippen molar-refractivity contribution in [3.05, 3.63) is 61.7 Å². The number of ether oxygens (including phenoxy) is 1. The standard InChI is InChI=1S/C16H16IO2/c1-12(2)16(18)19-15-10-8-14(9-11-15)17-13-6-4-3-5-7-13/h3-12H,1-2H3/q+1. The van der Waals surface area contributed by atoms with Crippen LogP contribution in [0.25, 0.3) is 0 Å². The van der Waals surface area contributed by atoms with Crippen molar-refractivity contribution in [2.24, 2.45) is 5.92 Å². The van der Waals surface area contributed by atoms with Crippen molar-refractivity contribution in [2.75, 3.05) is 0 Å². The molecule has 0 aromatic heterocycles. The Morgan fingerprint density at radius 1 is 0.947 bits per heavy atom. The summed E-state index contributed by atoms with van der Waals surface area (Å²) in [6, 6.07) is 18.3. The first-order chi connectivity index (χ1) is 9.15. The first-order valence-corrected chi connectivity index (χ1v) is 8.32. The largest absolute Gasteiger partial charge is 0.426 e. The molecule has 0 saturated carbocycles. The number of rotatable bonds is 4. The highest BCUT2D eigenvalue weighted by Gasteiger charge is 2.15. The molecule has 0 N–H and O–H groups in total. The van der Waals surface area contributed by atoms with Crippen molar-refractivity contribution in [3.63, 3.8) is 0 Å². The maximum absolute atomic E-state index is 11.5. The van der Waals surface area contributed by atoms with E-state index in [1.807, 2.05) is 44.2 Å². The average Bonchev–Trinajstić information content (AvgIpc) is 2.42. The summed E-state index contributed by atoms with van der Waals surface area (Å²) in [6.45, 7) is 3.66. The molecule has 0 heterocycles. The SMILES string of the molecule is CC(C)C(=O)Oc1ccc([I+]c2ccccc2)cc1. The van der Waals surface area contributed by atoms with Crippen LogP contribution in [0.3, 0.4) is 0 Å². The molecule has 2 nitrogen and oxygen atoms in total. The van der Waals surface area contributed by atoms with E-state index in [0.717, 1.165) is 0 Å². The lowest BCUT2D eigenvalue weighted by atomic mass is 10.2. The van der Waals surface area contributed by atoms with E-state index in [1.165, 1.54) is 7.14 Å². The van der Waals surface area contributed by atoms with Crippen molar-refractivity contribution in [3.8, 4) is 5.75 Å². The van der Waals surface area contributed by atoms with Gasteiger partial charge < -0.3 is 4.74 Å². The molecule has 0 bridgehead atoms. The molecule has 0 amide bonds. The minimum absolute atomic E-state index is 0.101. The summed E-state index contributed by atoms with van der Waals surface area (Å²) in [6.07, 6.45) is 0. The van der Waals surface area contributed by atoms with Gasteiger partial charge in [0.15, 0.2) is 7.14 Å². The highest BCUT2D eigenvalue weighted by atomic mass is 127. The predicted molar refractivity (Wildman–Crippen MR) is 70.8 cm³/mol. The van der Waals surface area contributed by atoms with Crippen molar-refractivity contribution in [1.82, 2.24) is 0 Å². The zero-order valence-corrected chi connectivity index (χ0v) is 13.1. The highest BCUT2D eigenvalue weighted by molar-refractivity contribution is 5.74. The summed E-state index contributed by atoms with van der Waals surface area (Å²) < 4.78 is 7.95. The molecule has 3 heteroatoms. The van der Waals surface area contributed by atoms with Crippen molar-refractivity contribution < 1.29 is 30.7 Å². The second-order valence-corrected chi connectivity index (χ2v) is 7.45. The van der Waals surface area contributed by atoms with E-state index < -0.39 is 0 Å². The Balaban J connectivity index is 2.01. The van der Waals surface area contributed by atoms with E-state index in [9.17, 15) is 4.79 Å². The Hall–Kier alpha value is -1.36. The van der Waals surface area contributed by atoms with Gasteiger partial charge in [0.2, 0.25) is 0 Å². The van der Waals surface area contributed by atoms with Gasteiger partial charge in [-0.25, -0.2) is 0 Å². The number of hydrogen-bond donors (Lipinski definition) is 0. The predicted octanol–water partition coefficient (Wildman–Crippen LogP) is 0.376. The van der Waals surface area contributed by atoms with Gasteiger partial charge in [-0.2, -0.15) is 0 Å². The van der Waals surface area contributed by atoms with Crippen LogP contribution in [0.15, 0.2) is 54.6 Å². The summed E-state index contributed by atoms with van der Waals surface area (Å²) in [5.74, 6) is 0.335. The van der Waals surface area contributed by atoms with E-state index in [4.69, 9.17) is 4.74 Å². The van der Waals surface area contributed by atoms with E-state index >= 15 is 0 Å². The van der Waals surface area contributed by atoms with Gasteiger partial charge in [-0.05, 0) is 36.4 Å². The van der Waals surface area contributed by atoms with Crippen LogP contribution in [0.4, 0.5) is 0 Å². The van der Waals surface area contributed by atoms with Crippen molar-refractivity contribution in [2.45, 2.75) is 13.8 Å². The lowest BCUT2D eigenvalue weighted by Crippen LogP contribution is -3.61. The summed E-state index contributed by atoms with van der Waals surface area (Å²) in [5.41, 5.74) is 0. The van der Waals surface area contributed by atoms with Gasteiger partial charge in [0.1, 0.15) is 5.75 Å². The minimum Gasteiger partial charge on any atom is -0.426 e. The molecule has 0 aliphatic rings. The molecule has 2 rings (SSSR count). The molecular formula is C16H16IO2+. The van der Waals surface area contributed by atoms with Crippen LogP contribution >= 0.6 is 0 Å². The number of hydrogen-bond acceptors (Lipinski definition) is 2. The normalized spacial score (nSPS) is 10.5. The highest BCUT2D eigenvalue weighted by Crippen LogP contribution is 2.10. The Bertz CT molecular complexity index is 532. The van der Waals surface area contributed by atoms with Gasteiger partial charge in [-0.15, -0.1) is 0 Å². The van der Waals surface area contributed by atoms with Gasteiger partial charge in [-0.3, -0.25) is 4.79 Å². The van der Waals surface area contributed by atoms with E-state index in [2.05, 4.69) is 24.3 Å². The average molecular weight is 367 g/mol. The summed E-state index contributed by atoms with van der Waals surface area (Å²) in [7, 11) is 0. The number of halogens is 1. The number of esters is 1. The smallest absolute Gasteiger partial charge is 0.357 e. The molecule has 0 fully saturated rings. The van der Waals surface area contributed by atoms with Crippen LogP contribution in [0.2, 0.25) is 0 Å². The Kier molecular flexibility index (Phi) is 4.96. The van der Waals surface area contributed by atoms with Crippen LogP contribution < -0.4 is 25.9 Å². The van der Waals surface area contributed by atoms with Crippen LogP contribution in [0.1, 0.15) is 13.8 Å². The molecule has 0 aliphatic heterocycles. The molecule has 2 aromatic carbocycles. The second-order valence-electron chi connectivity index (χ2n) is 4.42. The fraction of sp³-hybridized carbons (Fsp3) is 0.188.